The standard InChI is InChI=1S/C15H23N.C2H6/c1-3-13-7-9-14(10-8-13)15(4-2)16-11-5-6-12-16;1-2/h7-10,15H,3-6,11-12H2,1-2H3;1-2H3. The summed E-state index contributed by atoms with van der Waals surface area (Å²) in [5.41, 5.74) is 2.95. The molecule has 1 saturated heterocycles. The minimum Gasteiger partial charge on any atom is -0.296 e. The molecule has 1 unspecified atom stereocenters. The van der Waals surface area contributed by atoms with Gasteiger partial charge in [0.1, 0.15) is 0 Å². The van der Waals surface area contributed by atoms with Gasteiger partial charge in [-0.2, -0.15) is 0 Å². The molecule has 1 aromatic carbocycles. The summed E-state index contributed by atoms with van der Waals surface area (Å²) >= 11 is 0. The van der Waals surface area contributed by atoms with E-state index in [9.17, 15) is 0 Å². The normalized spacial score (nSPS) is 17.1. The van der Waals surface area contributed by atoms with E-state index in [1.54, 1.807) is 0 Å². The fraction of sp³-hybridized carbons (Fsp3) is 0.647. The highest BCUT2D eigenvalue weighted by molar-refractivity contribution is 5.25. The lowest BCUT2D eigenvalue weighted by Gasteiger charge is -2.27. The van der Waals surface area contributed by atoms with Gasteiger partial charge in [-0.3, -0.25) is 4.90 Å². The topological polar surface area (TPSA) is 3.24 Å². The number of benzene rings is 1. The van der Waals surface area contributed by atoms with E-state index in [2.05, 4.69) is 43.0 Å². The lowest BCUT2D eigenvalue weighted by Crippen LogP contribution is -2.25. The molecule has 1 aliphatic rings. The zero-order valence-corrected chi connectivity index (χ0v) is 12.6. The molecule has 0 bridgehead atoms. The summed E-state index contributed by atoms with van der Waals surface area (Å²) < 4.78 is 0. The average molecular weight is 247 g/mol. The molecule has 1 aromatic rings. The van der Waals surface area contributed by atoms with Gasteiger partial charge in [0.25, 0.3) is 0 Å². The van der Waals surface area contributed by atoms with Crippen molar-refractivity contribution in [1.82, 2.24) is 4.90 Å². The van der Waals surface area contributed by atoms with E-state index < -0.39 is 0 Å². The molecule has 0 radical (unpaired) electrons. The predicted octanol–water partition coefficient (Wildman–Crippen LogP) is 4.82. The van der Waals surface area contributed by atoms with E-state index in [1.165, 1.54) is 43.5 Å². The maximum Gasteiger partial charge on any atom is 0.0345 e. The van der Waals surface area contributed by atoms with Gasteiger partial charge in [-0.15, -0.1) is 0 Å². The number of hydrogen-bond acceptors (Lipinski definition) is 1. The molecule has 1 atom stereocenters. The number of aryl methyl sites for hydroxylation is 1. The van der Waals surface area contributed by atoms with Crippen LogP contribution in [0.3, 0.4) is 0 Å². The van der Waals surface area contributed by atoms with Gasteiger partial charge >= 0.3 is 0 Å². The molecule has 1 heterocycles. The molecule has 102 valence electrons. The first-order valence-corrected chi connectivity index (χ1v) is 7.68. The van der Waals surface area contributed by atoms with Crippen LogP contribution in [0.2, 0.25) is 0 Å². The van der Waals surface area contributed by atoms with E-state index in [1.807, 2.05) is 13.8 Å². The maximum atomic E-state index is 2.64. The third kappa shape index (κ3) is 3.84. The van der Waals surface area contributed by atoms with Crippen molar-refractivity contribution in [3.8, 4) is 0 Å². The van der Waals surface area contributed by atoms with Crippen LogP contribution in [-0.4, -0.2) is 18.0 Å². The van der Waals surface area contributed by atoms with Gasteiger partial charge in [0.05, 0.1) is 0 Å². The lowest BCUT2D eigenvalue weighted by molar-refractivity contribution is 0.239. The Morgan fingerprint density at radius 3 is 2.00 bits per heavy atom. The van der Waals surface area contributed by atoms with Gasteiger partial charge in [-0.1, -0.05) is 52.0 Å². The highest BCUT2D eigenvalue weighted by Crippen LogP contribution is 2.27. The Labute approximate surface area is 113 Å². The smallest absolute Gasteiger partial charge is 0.0345 e. The van der Waals surface area contributed by atoms with Crippen molar-refractivity contribution in [2.45, 2.75) is 59.4 Å². The summed E-state index contributed by atoms with van der Waals surface area (Å²) in [7, 11) is 0. The van der Waals surface area contributed by atoms with Crippen LogP contribution in [0.25, 0.3) is 0 Å². The van der Waals surface area contributed by atoms with Crippen molar-refractivity contribution >= 4 is 0 Å². The minimum absolute atomic E-state index is 0.647. The van der Waals surface area contributed by atoms with Crippen molar-refractivity contribution in [2.75, 3.05) is 13.1 Å². The highest BCUT2D eigenvalue weighted by Gasteiger charge is 2.21. The van der Waals surface area contributed by atoms with Crippen LogP contribution in [0.4, 0.5) is 0 Å². The Kier molecular flexibility index (Phi) is 7.04. The van der Waals surface area contributed by atoms with Gasteiger partial charge in [-0.25, -0.2) is 0 Å². The Hall–Kier alpha value is -0.820. The van der Waals surface area contributed by atoms with Crippen LogP contribution in [-0.2, 0) is 6.42 Å². The van der Waals surface area contributed by atoms with E-state index >= 15 is 0 Å². The molecule has 1 fully saturated rings. The van der Waals surface area contributed by atoms with E-state index in [0.29, 0.717) is 6.04 Å². The van der Waals surface area contributed by atoms with Gasteiger partial charge < -0.3 is 0 Å². The van der Waals surface area contributed by atoms with Crippen LogP contribution in [0.15, 0.2) is 24.3 Å². The molecule has 1 aliphatic heterocycles. The molecular formula is C17H29N. The van der Waals surface area contributed by atoms with Crippen molar-refractivity contribution in [3.05, 3.63) is 35.4 Å². The fourth-order valence-corrected chi connectivity index (χ4v) is 2.73. The van der Waals surface area contributed by atoms with Crippen molar-refractivity contribution in [3.63, 3.8) is 0 Å². The molecule has 1 heteroatoms. The molecule has 18 heavy (non-hydrogen) atoms. The molecule has 0 aromatic heterocycles. The Morgan fingerprint density at radius 1 is 1.00 bits per heavy atom. The summed E-state index contributed by atoms with van der Waals surface area (Å²) in [5.74, 6) is 0. The first-order valence-electron chi connectivity index (χ1n) is 7.68. The quantitative estimate of drug-likeness (QED) is 0.737. The first-order chi connectivity index (χ1) is 8.85. The number of likely N-dealkylation sites (tertiary alicyclic amines) is 1. The number of nitrogens with zero attached hydrogens (tertiary/aromatic N) is 1. The second-order valence-corrected chi connectivity index (χ2v) is 4.76. The fourth-order valence-electron chi connectivity index (χ4n) is 2.73. The number of rotatable bonds is 4. The summed E-state index contributed by atoms with van der Waals surface area (Å²) in [6.45, 7) is 11.1. The van der Waals surface area contributed by atoms with Crippen LogP contribution >= 0.6 is 0 Å². The molecule has 0 saturated carbocycles. The molecule has 0 amide bonds. The van der Waals surface area contributed by atoms with Crippen molar-refractivity contribution in [2.24, 2.45) is 0 Å². The van der Waals surface area contributed by atoms with Gasteiger partial charge in [0, 0.05) is 6.04 Å². The third-order valence-corrected chi connectivity index (χ3v) is 3.74. The molecule has 0 aliphatic carbocycles. The van der Waals surface area contributed by atoms with Crippen LogP contribution in [0.5, 0.6) is 0 Å². The molecule has 0 N–H and O–H groups in total. The zero-order valence-electron chi connectivity index (χ0n) is 12.6. The van der Waals surface area contributed by atoms with Crippen molar-refractivity contribution in [1.29, 1.82) is 0 Å². The lowest BCUT2D eigenvalue weighted by atomic mass is 10.0. The van der Waals surface area contributed by atoms with E-state index in [4.69, 9.17) is 0 Å². The van der Waals surface area contributed by atoms with E-state index in [0.717, 1.165) is 6.42 Å². The first kappa shape index (κ1) is 15.2. The zero-order chi connectivity index (χ0) is 13.4. The van der Waals surface area contributed by atoms with Gasteiger partial charge in [0.2, 0.25) is 0 Å². The van der Waals surface area contributed by atoms with Gasteiger partial charge in [0.15, 0.2) is 0 Å². The second kappa shape index (κ2) is 8.31. The van der Waals surface area contributed by atoms with Crippen LogP contribution in [0, 0.1) is 0 Å². The molecule has 2 rings (SSSR count). The Morgan fingerprint density at radius 2 is 1.56 bits per heavy atom. The van der Waals surface area contributed by atoms with Crippen LogP contribution < -0.4 is 0 Å². The molecular weight excluding hydrogens is 218 g/mol. The summed E-state index contributed by atoms with van der Waals surface area (Å²) in [6.07, 6.45) is 5.12. The van der Waals surface area contributed by atoms with Crippen molar-refractivity contribution < 1.29 is 0 Å². The monoisotopic (exact) mass is 247 g/mol. The SMILES string of the molecule is CC.CCc1ccc(C(CC)N2CCCC2)cc1. The Balaban J connectivity index is 0.000000771. The maximum absolute atomic E-state index is 2.64. The highest BCUT2D eigenvalue weighted by atomic mass is 15.2. The summed E-state index contributed by atoms with van der Waals surface area (Å²) in [5, 5.41) is 0. The van der Waals surface area contributed by atoms with E-state index in [-0.39, 0.29) is 0 Å². The third-order valence-electron chi connectivity index (χ3n) is 3.74. The Bertz CT molecular complexity index is 309. The number of hydrogen-bond donors (Lipinski definition) is 0. The molecule has 0 spiro atoms. The molecule has 1 nitrogen and oxygen atoms in total. The minimum atomic E-state index is 0.647. The predicted molar refractivity (Wildman–Crippen MR) is 81.0 cm³/mol. The van der Waals surface area contributed by atoms with Crippen LogP contribution in [0.1, 0.15) is 64.1 Å². The second-order valence-electron chi connectivity index (χ2n) is 4.76. The summed E-state index contributed by atoms with van der Waals surface area (Å²) in [4.78, 5) is 2.64. The average Bonchev–Trinajstić information content (AvgIpc) is 2.97. The van der Waals surface area contributed by atoms with Gasteiger partial charge in [-0.05, 0) is 49.9 Å². The largest absolute Gasteiger partial charge is 0.296 e. The summed E-state index contributed by atoms with van der Waals surface area (Å²) in [6, 6.07) is 9.87.